The van der Waals surface area contributed by atoms with Gasteiger partial charge in [-0.3, -0.25) is 4.90 Å². The average molecular weight is 328 g/mol. The molecule has 6 heteroatoms. The highest BCUT2D eigenvalue weighted by molar-refractivity contribution is 5.86. The monoisotopic (exact) mass is 328 g/mol. The average Bonchev–Trinajstić information content (AvgIpc) is 2.47. The van der Waals surface area contributed by atoms with E-state index in [1.54, 1.807) is 20.8 Å². The third-order valence-corrected chi connectivity index (χ3v) is 3.34. The molecule has 0 aliphatic carbocycles. The Hall–Kier alpha value is -2.81. The van der Waals surface area contributed by atoms with Gasteiger partial charge in [-0.25, -0.2) is 9.59 Å². The van der Waals surface area contributed by atoms with Gasteiger partial charge in [0.25, 0.3) is 0 Å². The zero-order valence-corrected chi connectivity index (χ0v) is 14.0. The normalized spacial score (nSPS) is 18.5. The van der Waals surface area contributed by atoms with Gasteiger partial charge >= 0.3 is 12.1 Å². The topological polar surface area (TPSA) is 79.6 Å². The minimum atomic E-state index is -0.761. The molecule has 0 aromatic heterocycles. The lowest BCUT2D eigenvalue weighted by Gasteiger charge is -2.41. The van der Waals surface area contributed by atoms with Gasteiger partial charge in [0, 0.05) is 18.2 Å². The molecule has 1 fully saturated rings. The van der Waals surface area contributed by atoms with Crippen molar-refractivity contribution in [3.63, 3.8) is 0 Å². The fraction of sp³-hybridized carbons (Fsp3) is 0.389. The van der Waals surface area contributed by atoms with Gasteiger partial charge in [0.15, 0.2) is 0 Å². The smallest absolute Gasteiger partial charge is 0.415 e. The first-order valence-corrected chi connectivity index (χ1v) is 7.63. The molecule has 1 heterocycles. The molecule has 0 bridgehead atoms. The summed E-state index contributed by atoms with van der Waals surface area (Å²) in [6, 6.07) is 10.4. The number of ether oxygens (including phenoxy) is 2. The SMILES string of the molecule is CC(C)(C)OC(=O)N1/C(=C/C#N)C[C@H]1C(=O)OCc1ccccc1. The van der Waals surface area contributed by atoms with Crippen molar-refractivity contribution in [2.24, 2.45) is 0 Å². The maximum atomic E-state index is 12.3. The van der Waals surface area contributed by atoms with Crippen molar-refractivity contribution in [3.05, 3.63) is 47.7 Å². The second-order valence-electron chi connectivity index (χ2n) is 6.43. The summed E-state index contributed by atoms with van der Waals surface area (Å²) in [4.78, 5) is 25.7. The molecule has 1 aliphatic rings. The lowest BCUT2D eigenvalue weighted by molar-refractivity contribution is -0.153. The van der Waals surface area contributed by atoms with E-state index < -0.39 is 23.7 Å². The number of carbonyl (C=O) groups is 2. The van der Waals surface area contributed by atoms with E-state index in [1.165, 1.54) is 11.0 Å². The van der Waals surface area contributed by atoms with E-state index in [0.717, 1.165) is 5.56 Å². The molecule has 0 N–H and O–H groups in total. The predicted molar refractivity (Wildman–Crippen MR) is 86.4 cm³/mol. The molecule has 1 aromatic carbocycles. The Balaban J connectivity index is 2.03. The Kier molecular flexibility index (Phi) is 5.24. The molecule has 24 heavy (non-hydrogen) atoms. The van der Waals surface area contributed by atoms with Crippen LogP contribution in [0.3, 0.4) is 0 Å². The maximum absolute atomic E-state index is 12.3. The molecule has 1 atom stereocenters. The van der Waals surface area contributed by atoms with Crippen LogP contribution in [-0.4, -0.2) is 28.6 Å². The number of hydrogen-bond acceptors (Lipinski definition) is 5. The number of hydrogen-bond donors (Lipinski definition) is 0. The minimum absolute atomic E-state index is 0.135. The van der Waals surface area contributed by atoms with Gasteiger partial charge in [-0.2, -0.15) is 5.26 Å². The highest BCUT2D eigenvalue weighted by atomic mass is 16.6. The summed E-state index contributed by atoms with van der Waals surface area (Å²) in [5.41, 5.74) is 0.623. The van der Waals surface area contributed by atoms with Gasteiger partial charge in [-0.05, 0) is 26.3 Å². The van der Waals surface area contributed by atoms with Crippen molar-refractivity contribution in [1.29, 1.82) is 5.26 Å². The van der Waals surface area contributed by atoms with Gasteiger partial charge in [-0.15, -0.1) is 0 Å². The Morgan fingerprint density at radius 3 is 2.58 bits per heavy atom. The van der Waals surface area contributed by atoms with Crippen molar-refractivity contribution >= 4 is 12.1 Å². The molecule has 126 valence electrons. The van der Waals surface area contributed by atoms with Crippen molar-refractivity contribution in [1.82, 2.24) is 4.90 Å². The number of nitrogens with zero attached hydrogens (tertiary/aromatic N) is 2. The largest absolute Gasteiger partial charge is 0.459 e. The zero-order chi connectivity index (χ0) is 17.7. The second kappa shape index (κ2) is 7.18. The maximum Gasteiger partial charge on any atom is 0.415 e. The van der Waals surface area contributed by atoms with Crippen molar-refractivity contribution in [2.75, 3.05) is 0 Å². The second-order valence-corrected chi connectivity index (χ2v) is 6.43. The molecule has 0 unspecified atom stereocenters. The third kappa shape index (κ3) is 4.35. The number of esters is 1. The van der Waals surface area contributed by atoms with E-state index in [1.807, 2.05) is 36.4 Å². The first-order valence-electron chi connectivity index (χ1n) is 7.63. The fourth-order valence-corrected chi connectivity index (χ4v) is 2.25. The summed E-state index contributed by atoms with van der Waals surface area (Å²) in [5.74, 6) is -0.514. The van der Waals surface area contributed by atoms with Crippen molar-refractivity contribution in [3.8, 4) is 6.07 Å². The fourth-order valence-electron chi connectivity index (χ4n) is 2.25. The summed E-state index contributed by atoms with van der Waals surface area (Å²) in [5, 5.41) is 8.79. The van der Waals surface area contributed by atoms with Crippen LogP contribution in [0.2, 0.25) is 0 Å². The van der Waals surface area contributed by atoms with E-state index >= 15 is 0 Å². The first kappa shape index (κ1) is 17.5. The van der Waals surface area contributed by atoms with E-state index in [0.29, 0.717) is 5.70 Å². The van der Waals surface area contributed by atoms with Gasteiger partial charge in [0.2, 0.25) is 0 Å². The summed E-state index contributed by atoms with van der Waals surface area (Å²) < 4.78 is 10.6. The van der Waals surface area contributed by atoms with E-state index in [9.17, 15) is 9.59 Å². The Labute approximate surface area is 141 Å². The molecule has 1 amide bonds. The molecule has 1 saturated heterocycles. The number of amides is 1. The van der Waals surface area contributed by atoms with Crippen LogP contribution in [0, 0.1) is 11.3 Å². The zero-order valence-electron chi connectivity index (χ0n) is 14.0. The number of allylic oxidation sites excluding steroid dienone is 1. The van der Waals surface area contributed by atoms with E-state index in [2.05, 4.69) is 0 Å². The van der Waals surface area contributed by atoms with Crippen LogP contribution in [0.25, 0.3) is 0 Å². The molecule has 2 rings (SSSR count). The standard InChI is InChI=1S/C18H20N2O4/c1-18(2,3)24-17(22)20-14(9-10-19)11-15(20)16(21)23-12-13-7-5-4-6-8-13/h4-9,15H,11-12H2,1-3H3/b14-9+/t15-/m0/s1. The molecule has 0 radical (unpaired) electrons. The van der Waals surface area contributed by atoms with Crippen LogP contribution in [-0.2, 0) is 20.9 Å². The number of rotatable bonds is 3. The van der Waals surface area contributed by atoms with E-state index in [-0.39, 0.29) is 13.0 Å². The molecule has 1 aromatic rings. The lowest BCUT2D eigenvalue weighted by atomic mass is 9.98. The van der Waals surface area contributed by atoms with E-state index in [4.69, 9.17) is 14.7 Å². The van der Waals surface area contributed by atoms with Crippen molar-refractivity contribution in [2.45, 2.75) is 45.4 Å². The molecule has 0 saturated carbocycles. The van der Waals surface area contributed by atoms with Gasteiger partial charge in [0.05, 0.1) is 6.07 Å². The Morgan fingerprint density at radius 2 is 2.00 bits per heavy atom. The first-order chi connectivity index (χ1) is 11.3. The number of benzene rings is 1. The van der Waals surface area contributed by atoms with Crippen molar-refractivity contribution < 1.29 is 19.1 Å². The lowest BCUT2D eigenvalue weighted by Crippen LogP contribution is -2.55. The highest BCUT2D eigenvalue weighted by Gasteiger charge is 2.45. The van der Waals surface area contributed by atoms with Crippen LogP contribution in [0.5, 0.6) is 0 Å². The van der Waals surface area contributed by atoms with Gasteiger partial charge in [0.1, 0.15) is 18.2 Å². The summed E-state index contributed by atoms with van der Waals surface area (Å²) in [6.45, 7) is 5.35. The summed E-state index contributed by atoms with van der Waals surface area (Å²) >= 11 is 0. The molecular formula is C18H20N2O4. The molecule has 0 spiro atoms. The Bertz CT molecular complexity index is 683. The highest BCUT2D eigenvalue weighted by Crippen LogP contribution is 2.32. The van der Waals surface area contributed by atoms with Crippen LogP contribution < -0.4 is 0 Å². The molecule has 1 aliphatic heterocycles. The van der Waals surface area contributed by atoms with Gasteiger partial charge < -0.3 is 9.47 Å². The van der Waals surface area contributed by atoms with Crippen LogP contribution in [0.1, 0.15) is 32.8 Å². The molecular weight excluding hydrogens is 308 g/mol. The number of nitriles is 1. The van der Waals surface area contributed by atoms with Crippen LogP contribution in [0.15, 0.2) is 42.1 Å². The third-order valence-electron chi connectivity index (χ3n) is 3.34. The summed E-state index contributed by atoms with van der Waals surface area (Å²) in [6.07, 6.45) is 0.864. The summed E-state index contributed by atoms with van der Waals surface area (Å²) in [7, 11) is 0. The number of carbonyl (C=O) groups excluding carboxylic acids is 2. The predicted octanol–water partition coefficient (Wildman–Crippen LogP) is 3.15. The van der Waals surface area contributed by atoms with Crippen LogP contribution >= 0.6 is 0 Å². The number of likely N-dealkylation sites (tertiary alicyclic amines) is 1. The van der Waals surface area contributed by atoms with Gasteiger partial charge in [-0.1, -0.05) is 30.3 Å². The Morgan fingerprint density at radius 1 is 1.33 bits per heavy atom. The van der Waals surface area contributed by atoms with Crippen LogP contribution in [0.4, 0.5) is 4.79 Å². The minimum Gasteiger partial charge on any atom is -0.459 e. The quantitative estimate of drug-likeness (QED) is 0.629. The molecule has 6 nitrogen and oxygen atoms in total.